The quantitative estimate of drug-likeness (QED) is 0.548. The van der Waals surface area contributed by atoms with E-state index in [1.54, 1.807) is 23.1 Å². The maximum absolute atomic E-state index is 12.2. The van der Waals surface area contributed by atoms with Gasteiger partial charge in [-0.25, -0.2) is 9.97 Å². The van der Waals surface area contributed by atoms with Crippen LogP contribution in [0.15, 0.2) is 35.2 Å². The highest BCUT2D eigenvalue weighted by atomic mass is 32.2. The van der Waals surface area contributed by atoms with E-state index in [9.17, 15) is 4.79 Å². The first-order valence-corrected chi connectivity index (χ1v) is 11.3. The second kappa shape index (κ2) is 9.39. The van der Waals surface area contributed by atoms with Gasteiger partial charge in [-0.3, -0.25) is 4.79 Å². The summed E-state index contributed by atoms with van der Waals surface area (Å²) in [6.07, 6.45) is 0. The lowest BCUT2D eigenvalue weighted by Crippen LogP contribution is -2.37. The number of rotatable bonds is 8. The van der Waals surface area contributed by atoms with Crippen LogP contribution >= 0.6 is 23.1 Å². The summed E-state index contributed by atoms with van der Waals surface area (Å²) in [4.78, 5) is 27.4. The molecule has 0 aliphatic carbocycles. The van der Waals surface area contributed by atoms with Crippen LogP contribution in [-0.4, -0.2) is 35.5 Å². The molecular weight excluding hydrogens is 388 g/mol. The monoisotopic (exact) mass is 414 g/mol. The Hall–Kier alpha value is -2.12. The summed E-state index contributed by atoms with van der Waals surface area (Å²) in [6, 6.07) is 10.3. The minimum atomic E-state index is 0.0147. The molecule has 0 unspecified atom stereocenters. The van der Waals surface area contributed by atoms with Crippen LogP contribution in [0.5, 0.6) is 0 Å². The number of nitrogens with zero attached hydrogens (tertiary/aromatic N) is 3. The highest BCUT2D eigenvalue weighted by molar-refractivity contribution is 7.98. The molecule has 3 aromatic rings. The number of aryl methyl sites for hydroxylation is 2. The van der Waals surface area contributed by atoms with Crippen molar-refractivity contribution >= 4 is 45.0 Å². The molecular formula is C21H26N4OS2. The number of likely N-dealkylation sites (N-methyl/N-ethyl adjacent to an activating group) is 2. The number of hydrogen-bond donors (Lipinski definition) is 1. The van der Waals surface area contributed by atoms with Crippen molar-refractivity contribution in [2.75, 3.05) is 24.5 Å². The Morgan fingerprint density at radius 1 is 1.18 bits per heavy atom. The third-order valence-electron chi connectivity index (χ3n) is 4.56. The summed E-state index contributed by atoms with van der Waals surface area (Å²) < 4.78 is 0. The number of fused-ring (bicyclic) bond motifs is 1. The van der Waals surface area contributed by atoms with Crippen LogP contribution in [0.4, 0.5) is 5.82 Å². The molecule has 2 aromatic heterocycles. The van der Waals surface area contributed by atoms with Crippen LogP contribution < -0.4 is 10.2 Å². The average Bonchev–Trinajstić information content (AvgIpc) is 2.99. The Kier molecular flexibility index (Phi) is 6.91. The van der Waals surface area contributed by atoms with Gasteiger partial charge >= 0.3 is 0 Å². The van der Waals surface area contributed by atoms with E-state index in [0.29, 0.717) is 25.4 Å². The van der Waals surface area contributed by atoms with Crippen LogP contribution in [0.3, 0.4) is 0 Å². The first-order chi connectivity index (χ1) is 13.5. The third kappa shape index (κ3) is 4.64. The number of carbonyl (C=O) groups is 1. The van der Waals surface area contributed by atoms with Gasteiger partial charge < -0.3 is 10.2 Å². The normalized spacial score (nSPS) is 11.0. The molecule has 1 amide bonds. The second-order valence-electron chi connectivity index (χ2n) is 6.50. The van der Waals surface area contributed by atoms with Gasteiger partial charge in [-0.2, -0.15) is 0 Å². The van der Waals surface area contributed by atoms with Crippen molar-refractivity contribution in [3.63, 3.8) is 0 Å². The summed E-state index contributed by atoms with van der Waals surface area (Å²) in [6.45, 7) is 9.86. The first kappa shape index (κ1) is 20.6. The van der Waals surface area contributed by atoms with E-state index >= 15 is 0 Å². The van der Waals surface area contributed by atoms with Crippen LogP contribution in [-0.2, 0) is 10.5 Å². The average molecular weight is 415 g/mol. The molecule has 0 saturated carbocycles. The van der Waals surface area contributed by atoms with Gasteiger partial charge in [-0.05, 0) is 45.4 Å². The lowest BCUT2D eigenvalue weighted by molar-refractivity contribution is -0.119. The molecule has 3 rings (SSSR count). The zero-order valence-electron chi connectivity index (χ0n) is 16.8. The van der Waals surface area contributed by atoms with Crippen LogP contribution in [0.25, 0.3) is 10.2 Å². The summed E-state index contributed by atoms with van der Waals surface area (Å²) >= 11 is 3.42. The summed E-state index contributed by atoms with van der Waals surface area (Å²) in [5, 5.41) is 3.96. The number of carbonyl (C=O) groups excluding carboxylic acids is 1. The van der Waals surface area contributed by atoms with Gasteiger partial charge in [0.15, 0.2) is 0 Å². The van der Waals surface area contributed by atoms with Crippen molar-refractivity contribution in [3.05, 3.63) is 46.6 Å². The molecule has 0 fully saturated rings. The number of nitrogens with one attached hydrogen (secondary N) is 1. The van der Waals surface area contributed by atoms with E-state index in [1.807, 2.05) is 30.0 Å². The molecule has 0 spiro atoms. The Morgan fingerprint density at radius 2 is 1.93 bits per heavy atom. The fourth-order valence-electron chi connectivity index (χ4n) is 2.99. The Labute approximate surface area is 174 Å². The maximum Gasteiger partial charge on any atom is 0.239 e. The van der Waals surface area contributed by atoms with E-state index in [1.165, 1.54) is 15.3 Å². The second-order valence-corrected chi connectivity index (χ2v) is 8.75. The smallest absolute Gasteiger partial charge is 0.239 e. The molecule has 0 saturated heterocycles. The van der Waals surface area contributed by atoms with Gasteiger partial charge in [0.1, 0.15) is 16.5 Å². The molecule has 0 aliphatic rings. The van der Waals surface area contributed by atoms with E-state index in [0.717, 1.165) is 21.9 Å². The largest absolute Gasteiger partial charge is 0.355 e. The fraction of sp³-hybridized carbons (Fsp3) is 0.381. The molecule has 0 aliphatic heterocycles. The highest BCUT2D eigenvalue weighted by Crippen LogP contribution is 2.35. The van der Waals surface area contributed by atoms with E-state index in [-0.39, 0.29) is 5.91 Å². The van der Waals surface area contributed by atoms with Crippen LogP contribution in [0.2, 0.25) is 0 Å². The van der Waals surface area contributed by atoms with Crippen molar-refractivity contribution < 1.29 is 4.79 Å². The molecule has 0 bridgehead atoms. The van der Waals surface area contributed by atoms with Gasteiger partial charge in [0.2, 0.25) is 5.91 Å². The Morgan fingerprint density at radius 3 is 2.61 bits per heavy atom. The lowest BCUT2D eigenvalue weighted by Gasteiger charge is -2.23. The molecule has 7 heteroatoms. The van der Waals surface area contributed by atoms with E-state index in [2.05, 4.69) is 38.2 Å². The number of amides is 1. The van der Waals surface area contributed by atoms with E-state index in [4.69, 9.17) is 9.97 Å². The zero-order valence-corrected chi connectivity index (χ0v) is 18.4. The van der Waals surface area contributed by atoms with Crippen molar-refractivity contribution in [3.8, 4) is 0 Å². The molecule has 5 nitrogen and oxygen atoms in total. The number of thioether (sulfide) groups is 1. The molecule has 148 valence electrons. The SMILES string of the molecule is CCNC(=O)CN(CC)c1nc(CSc2ccccc2)nc2sc(C)c(C)c12. The van der Waals surface area contributed by atoms with Gasteiger partial charge in [0.25, 0.3) is 0 Å². The Balaban J connectivity index is 1.97. The summed E-state index contributed by atoms with van der Waals surface area (Å²) in [7, 11) is 0. The predicted molar refractivity (Wildman–Crippen MR) is 119 cm³/mol. The van der Waals surface area contributed by atoms with Crippen molar-refractivity contribution in [2.24, 2.45) is 0 Å². The van der Waals surface area contributed by atoms with Crippen molar-refractivity contribution in [1.29, 1.82) is 0 Å². The predicted octanol–water partition coefficient (Wildman–Crippen LogP) is 4.56. The lowest BCUT2D eigenvalue weighted by atomic mass is 10.2. The number of anilines is 1. The van der Waals surface area contributed by atoms with Crippen molar-refractivity contribution in [1.82, 2.24) is 15.3 Å². The molecule has 1 aromatic carbocycles. The minimum Gasteiger partial charge on any atom is -0.355 e. The van der Waals surface area contributed by atoms with Gasteiger partial charge in [-0.15, -0.1) is 23.1 Å². The summed E-state index contributed by atoms with van der Waals surface area (Å²) in [5.41, 5.74) is 1.20. The van der Waals surface area contributed by atoms with E-state index < -0.39 is 0 Å². The standard InChI is InChI=1S/C21H26N4OS2/c1-5-22-18(26)12-25(6-2)20-19-14(3)15(4)28-21(19)24-17(23-20)13-27-16-10-8-7-9-11-16/h7-11H,5-6,12-13H2,1-4H3,(H,22,26). The molecule has 1 N–H and O–H groups in total. The number of hydrogen-bond acceptors (Lipinski definition) is 6. The first-order valence-electron chi connectivity index (χ1n) is 9.49. The Bertz CT molecular complexity index is 956. The van der Waals surface area contributed by atoms with Gasteiger partial charge in [-0.1, -0.05) is 18.2 Å². The van der Waals surface area contributed by atoms with Crippen LogP contribution in [0, 0.1) is 13.8 Å². The fourth-order valence-corrected chi connectivity index (χ4v) is 4.81. The molecule has 28 heavy (non-hydrogen) atoms. The summed E-state index contributed by atoms with van der Waals surface area (Å²) in [5.74, 6) is 2.37. The highest BCUT2D eigenvalue weighted by Gasteiger charge is 2.20. The van der Waals surface area contributed by atoms with Gasteiger partial charge in [0, 0.05) is 22.9 Å². The number of thiophene rings is 1. The zero-order chi connectivity index (χ0) is 20.1. The third-order valence-corrected chi connectivity index (χ3v) is 6.67. The molecule has 0 radical (unpaired) electrons. The number of benzene rings is 1. The molecule has 0 atom stereocenters. The maximum atomic E-state index is 12.2. The minimum absolute atomic E-state index is 0.0147. The molecule has 2 heterocycles. The van der Waals surface area contributed by atoms with Crippen molar-refractivity contribution in [2.45, 2.75) is 38.3 Å². The number of aromatic nitrogens is 2. The van der Waals surface area contributed by atoms with Crippen LogP contribution in [0.1, 0.15) is 30.1 Å². The van der Waals surface area contributed by atoms with Gasteiger partial charge in [0.05, 0.1) is 17.7 Å². The topological polar surface area (TPSA) is 58.1 Å².